The van der Waals surface area contributed by atoms with Crippen LogP contribution in [0, 0.1) is 0 Å². The van der Waals surface area contributed by atoms with E-state index in [-0.39, 0.29) is 18.1 Å². The van der Waals surface area contributed by atoms with Crippen LogP contribution in [0.25, 0.3) is 0 Å². The third kappa shape index (κ3) is 3.46. The fourth-order valence-electron chi connectivity index (χ4n) is 3.18. The molecule has 5 nitrogen and oxygen atoms in total. The van der Waals surface area contributed by atoms with Crippen molar-refractivity contribution < 1.29 is 14.3 Å². The van der Waals surface area contributed by atoms with Gasteiger partial charge in [0.25, 0.3) is 0 Å². The number of hydrogen-bond acceptors (Lipinski definition) is 4. The Morgan fingerprint density at radius 1 is 1.42 bits per heavy atom. The minimum atomic E-state index is -0.273. The molecule has 110 valence electrons. The summed E-state index contributed by atoms with van der Waals surface area (Å²) in [6, 6.07) is 1.06. The van der Waals surface area contributed by atoms with Gasteiger partial charge in [0, 0.05) is 32.3 Å². The van der Waals surface area contributed by atoms with Crippen molar-refractivity contribution in [1.29, 1.82) is 0 Å². The van der Waals surface area contributed by atoms with Gasteiger partial charge in [0.2, 0.25) is 5.91 Å². The molecule has 2 rings (SSSR count). The second kappa shape index (κ2) is 6.68. The van der Waals surface area contributed by atoms with Crippen LogP contribution in [-0.4, -0.2) is 61.9 Å². The van der Waals surface area contributed by atoms with E-state index in [0.717, 1.165) is 25.8 Å². The lowest BCUT2D eigenvalue weighted by Gasteiger charge is -2.37. The molecule has 19 heavy (non-hydrogen) atoms. The Labute approximate surface area is 115 Å². The number of amides is 1. The Balaban J connectivity index is 1.82. The highest BCUT2D eigenvalue weighted by molar-refractivity contribution is 5.80. The molecule has 0 unspecified atom stereocenters. The summed E-state index contributed by atoms with van der Waals surface area (Å²) >= 11 is 0. The second-order valence-electron chi connectivity index (χ2n) is 5.71. The first kappa shape index (κ1) is 14.8. The molecule has 1 amide bonds. The van der Waals surface area contributed by atoms with Crippen molar-refractivity contribution in [2.24, 2.45) is 0 Å². The van der Waals surface area contributed by atoms with Gasteiger partial charge in [-0.15, -0.1) is 0 Å². The fourth-order valence-corrected chi connectivity index (χ4v) is 3.18. The molecule has 3 atom stereocenters. The second-order valence-corrected chi connectivity index (χ2v) is 5.71. The van der Waals surface area contributed by atoms with Crippen LogP contribution in [0.4, 0.5) is 0 Å². The summed E-state index contributed by atoms with van der Waals surface area (Å²) in [7, 11) is 1.63. The lowest BCUT2D eigenvalue weighted by Crippen LogP contribution is -2.49. The fraction of sp³-hybridized carbons (Fsp3) is 0.929. The minimum Gasteiger partial charge on any atom is -0.383 e. The Bertz CT molecular complexity index is 309. The molecular weight excluding hydrogens is 244 g/mol. The topological polar surface area (TPSA) is 50.8 Å². The Morgan fingerprint density at radius 3 is 2.89 bits per heavy atom. The maximum absolute atomic E-state index is 12.0. The molecule has 2 aliphatic rings. The van der Waals surface area contributed by atoms with E-state index >= 15 is 0 Å². The molecule has 2 fully saturated rings. The lowest BCUT2D eigenvalue weighted by molar-refractivity contribution is -0.144. The molecular formula is C14H26N2O3. The van der Waals surface area contributed by atoms with E-state index in [9.17, 15) is 4.79 Å². The van der Waals surface area contributed by atoms with E-state index in [0.29, 0.717) is 25.2 Å². The van der Waals surface area contributed by atoms with E-state index < -0.39 is 0 Å². The zero-order chi connectivity index (χ0) is 13.8. The molecule has 0 aromatic heterocycles. The predicted molar refractivity (Wildman–Crippen MR) is 73.0 cm³/mol. The van der Waals surface area contributed by atoms with Crippen molar-refractivity contribution >= 4 is 5.91 Å². The number of carbonyl (C=O) groups is 1. The van der Waals surface area contributed by atoms with Crippen molar-refractivity contribution in [1.82, 2.24) is 10.2 Å². The summed E-state index contributed by atoms with van der Waals surface area (Å²) in [5.74, 6) is 0.0125. The Morgan fingerprint density at radius 2 is 2.21 bits per heavy atom. The predicted octanol–water partition coefficient (Wildman–Crippen LogP) is 0.779. The SMILES string of the molecule is COCCNC(=O)[C@@H]1CC[C@@H]2[C@@H](CCN2C(C)C)O1. The highest BCUT2D eigenvalue weighted by Crippen LogP contribution is 2.32. The first-order valence-electron chi connectivity index (χ1n) is 7.31. The van der Waals surface area contributed by atoms with Crippen LogP contribution in [-0.2, 0) is 14.3 Å². The molecule has 0 radical (unpaired) electrons. The summed E-state index contributed by atoms with van der Waals surface area (Å²) in [5.41, 5.74) is 0. The molecule has 0 bridgehead atoms. The zero-order valence-corrected chi connectivity index (χ0v) is 12.2. The van der Waals surface area contributed by atoms with Gasteiger partial charge in [0.1, 0.15) is 6.10 Å². The van der Waals surface area contributed by atoms with Gasteiger partial charge in [-0.05, 0) is 33.1 Å². The van der Waals surface area contributed by atoms with Crippen LogP contribution in [0.15, 0.2) is 0 Å². The van der Waals surface area contributed by atoms with Crippen LogP contribution in [0.1, 0.15) is 33.1 Å². The molecule has 5 heteroatoms. The average molecular weight is 270 g/mol. The van der Waals surface area contributed by atoms with Gasteiger partial charge < -0.3 is 14.8 Å². The first-order chi connectivity index (χ1) is 9.13. The molecule has 2 aliphatic heterocycles. The number of ether oxygens (including phenoxy) is 2. The van der Waals surface area contributed by atoms with Gasteiger partial charge in [0.05, 0.1) is 12.7 Å². The van der Waals surface area contributed by atoms with Crippen molar-refractivity contribution in [3.63, 3.8) is 0 Å². The number of hydrogen-bond donors (Lipinski definition) is 1. The molecule has 0 aromatic rings. The number of nitrogens with zero attached hydrogens (tertiary/aromatic N) is 1. The van der Waals surface area contributed by atoms with Crippen molar-refractivity contribution in [2.45, 2.75) is 57.4 Å². The third-order valence-corrected chi connectivity index (χ3v) is 4.15. The Hall–Kier alpha value is -0.650. The van der Waals surface area contributed by atoms with Crippen LogP contribution >= 0.6 is 0 Å². The van der Waals surface area contributed by atoms with Crippen LogP contribution in [0.2, 0.25) is 0 Å². The van der Waals surface area contributed by atoms with Gasteiger partial charge in [-0.1, -0.05) is 0 Å². The van der Waals surface area contributed by atoms with Crippen molar-refractivity contribution in [2.75, 3.05) is 26.8 Å². The number of methoxy groups -OCH3 is 1. The average Bonchev–Trinajstić information content (AvgIpc) is 2.81. The van der Waals surface area contributed by atoms with E-state index in [4.69, 9.17) is 9.47 Å². The maximum Gasteiger partial charge on any atom is 0.249 e. The summed E-state index contributed by atoms with van der Waals surface area (Å²) in [6.45, 7) is 6.65. The van der Waals surface area contributed by atoms with E-state index in [1.54, 1.807) is 7.11 Å². The number of nitrogens with one attached hydrogen (secondary N) is 1. The molecule has 0 aliphatic carbocycles. The molecule has 1 N–H and O–H groups in total. The summed E-state index contributed by atoms with van der Waals surface area (Å²) in [6.07, 6.45) is 2.89. The molecule has 0 saturated carbocycles. The smallest absolute Gasteiger partial charge is 0.249 e. The number of rotatable bonds is 5. The summed E-state index contributed by atoms with van der Waals surface area (Å²) in [4.78, 5) is 14.5. The van der Waals surface area contributed by atoms with E-state index in [1.165, 1.54) is 0 Å². The molecule has 2 saturated heterocycles. The quantitative estimate of drug-likeness (QED) is 0.750. The molecule has 2 heterocycles. The van der Waals surface area contributed by atoms with Gasteiger partial charge in [-0.25, -0.2) is 0 Å². The maximum atomic E-state index is 12.0. The molecule has 0 spiro atoms. The van der Waals surface area contributed by atoms with Gasteiger partial charge in [-0.3, -0.25) is 9.69 Å². The monoisotopic (exact) mass is 270 g/mol. The van der Waals surface area contributed by atoms with E-state index in [2.05, 4.69) is 24.1 Å². The van der Waals surface area contributed by atoms with E-state index in [1.807, 2.05) is 0 Å². The highest BCUT2D eigenvalue weighted by Gasteiger charge is 2.42. The standard InChI is InChI=1S/C14H26N2O3/c1-10(2)16-8-6-12-11(16)4-5-13(19-12)14(17)15-7-9-18-3/h10-13H,4-9H2,1-3H3,(H,15,17)/t11-,12-,13+/m1/s1. The van der Waals surface area contributed by atoms with Crippen molar-refractivity contribution in [3.05, 3.63) is 0 Å². The number of likely N-dealkylation sites (tertiary alicyclic amines) is 1. The van der Waals surface area contributed by atoms with Crippen LogP contribution in [0.5, 0.6) is 0 Å². The first-order valence-corrected chi connectivity index (χ1v) is 7.31. The normalized spacial score (nSPS) is 31.5. The Kier molecular flexibility index (Phi) is 5.19. The lowest BCUT2D eigenvalue weighted by atomic mass is 9.98. The van der Waals surface area contributed by atoms with Gasteiger partial charge in [-0.2, -0.15) is 0 Å². The van der Waals surface area contributed by atoms with Crippen molar-refractivity contribution in [3.8, 4) is 0 Å². The van der Waals surface area contributed by atoms with Crippen LogP contribution < -0.4 is 5.32 Å². The van der Waals surface area contributed by atoms with Crippen LogP contribution in [0.3, 0.4) is 0 Å². The highest BCUT2D eigenvalue weighted by atomic mass is 16.5. The summed E-state index contributed by atoms with van der Waals surface area (Å²) in [5, 5.41) is 2.86. The molecule has 0 aromatic carbocycles. The van der Waals surface area contributed by atoms with Gasteiger partial charge in [0.15, 0.2) is 0 Å². The van der Waals surface area contributed by atoms with Gasteiger partial charge >= 0.3 is 0 Å². The third-order valence-electron chi connectivity index (χ3n) is 4.15. The zero-order valence-electron chi connectivity index (χ0n) is 12.2. The largest absolute Gasteiger partial charge is 0.383 e. The summed E-state index contributed by atoms with van der Waals surface area (Å²) < 4.78 is 10.9. The number of fused-ring (bicyclic) bond motifs is 1. The minimum absolute atomic E-state index is 0.0125. The number of carbonyl (C=O) groups excluding carboxylic acids is 1.